The van der Waals surface area contributed by atoms with Crippen LogP contribution < -0.4 is 4.72 Å². The van der Waals surface area contributed by atoms with Crippen LogP contribution in [0.25, 0.3) is 0 Å². The van der Waals surface area contributed by atoms with Crippen molar-refractivity contribution in [3.63, 3.8) is 0 Å². The molecule has 0 bridgehead atoms. The number of benzene rings is 2. The summed E-state index contributed by atoms with van der Waals surface area (Å²) in [4.78, 5) is 24.7. The van der Waals surface area contributed by atoms with Gasteiger partial charge >= 0.3 is 5.97 Å². The predicted molar refractivity (Wildman–Crippen MR) is 110 cm³/mol. The third-order valence-corrected chi connectivity index (χ3v) is 6.43. The number of aryl methyl sites for hydroxylation is 2. The molecule has 0 saturated heterocycles. The van der Waals surface area contributed by atoms with Crippen LogP contribution in [0.2, 0.25) is 0 Å². The highest BCUT2D eigenvalue weighted by Crippen LogP contribution is 2.22. The van der Waals surface area contributed by atoms with Gasteiger partial charge in [-0.25, -0.2) is 17.9 Å². The molecule has 0 saturated carbocycles. The zero-order valence-electron chi connectivity index (χ0n) is 16.6. The van der Waals surface area contributed by atoms with Crippen molar-refractivity contribution in [1.82, 2.24) is 4.72 Å². The second-order valence-electron chi connectivity index (χ2n) is 7.49. The van der Waals surface area contributed by atoms with Crippen LogP contribution in [-0.4, -0.2) is 32.8 Å². The van der Waals surface area contributed by atoms with Gasteiger partial charge in [-0.2, -0.15) is 0 Å². The van der Waals surface area contributed by atoms with Crippen LogP contribution in [0.5, 0.6) is 0 Å². The van der Waals surface area contributed by atoms with Crippen molar-refractivity contribution in [2.75, 3.05) is 6.61 Å². The number of Topliss-reactive ketones (excluding diaryl/α,β-unsaturated/α-hetero) is 1. The minimum Gasteiger partial charge on any atom is -0.454 e. The third-order valence-electron chi connectivity index (χ3n) is 4.78. The first-order chi connectivity index (χ1) is 13.8. The van der Waals surface area contributed by atoms with Gasteiger partial charge in [0.2, 0.25) is 10.0 Å². The van der Waals surface area contributed by atoms with E-state index in [0.717, 1.165) is 19.3 Å². The van der Waals surface area contributed by atoms with Crippen LogP contribution in [0.1, 0.15) is 58.5 Å². The van der Waals surface area contributed by atoms with Gasteiger partial charge in [0.15, 0.2) is 12.4 Å². The van der Waals surface area contributed by atoms with E-state index in [1.54, 1.807) is 19.9 Å². The Hall–Kier alpha value is -2.51. The fourth-order valence-electron chi connectivity index (χ4n) is 3.37. The van der Waals surface area contributed by atoms with Gasteiger partial charge < -0.3 is 4.74 Å². The maximum absolute atomic E-state index is 12.4. The number of carbonyl (C=O) groups is 2. The molecule has 0 amide bonds. The molecule has 2 aromatic rings. The lowest BCUT2D eigenvalue weighted by Crippen LogP contribution is -2.30. The van der Waals surface area contributed by atoms with Crippen LogP contribution in [-0.2, 0) is 27.6 Å². The lowest BCUT2D eigenvalue weighted by atomic mass is 9.90. The molecule has 154 valence electrons. The molecule has 0 spiro atoms. The largest absolute Gasteiger partial charge is 0.454 e. The van der Waals surface area contributed by atoms with Gasteiger partial charge in [-0.15, -0.1) is 0 Å². The monoisotopic (exact) mass is 415 g/mol. The highest BCUT2D eigenvalue weighted by Gasteiger charge is 2.19. The van der Waals surface area contributed by atoms with E-state index in [0.29, 0.717) is 5.56 Å². The lowest BCUT2D eigenvalue weighted by Gasteiger charge is -2.16. The molecule has 7 heteroatoms. The minimum absolute atomic E-state index is 0.0262. The number of fused-ring (bicyclic) bond motifs is 1. The molecule has 1 aliphatic carbocycles. The number of ether oxygens (including phenoxy) is 1. The van der Waals surface area contributed by atoms with Gasteiger partial charge in [0.25, 0.3) is 0 Å². The first kappa shape index (κ1) is 21.2. The topological polar surface area (TPSA) is 89.5 Å². The molecule has 2 aromatic carbocycles. The zero-order chi connectivity index (χ0) is 21.0. The molecule has 0 radical (unpaired) electrons. The average Bonchev–Trinajstić information content (AvgIpc) is 2.70. The molecule has 0 atom stereocenters. The Balaban J connectivity index is 1.66. The molecule has 29 heavy (non-hydrogen) atoms. The Kier molecular flexibility index (Phi) is 6.49. The van der Waals surface area contributed by atoms with Gasteiger partial charge in [-0.3, -0.25) is 4.79 Å². The Labute approximate surface area is 171 Å². The van der Waals surface area contributed by atoms with Crippen molar-refractivity contribution in [3.8, 4) is 0 Å². The highest BCUT2D eigenvalue weighted by molar-refractivity contribution is 7.89. The van der Waals surface area contributed by atoms with Crippen LogP contribution in [0.15, 0.2) is 47.4 Å². The number of ketones is 1. The SMILES string of the molecule is CC(C)NS(=O)(=O)c1cccc(C(=O)OCC(=O)c2ccc3c(c2)CCCC3)c1. The van der Waals surface area contributed by atoms with Crippen molar-refractivity contribution in [2.45, 2.75) is 50.5 Å². The molecular weight excluding hydrogens is 390 g/mol. The maximum atomic E-state index is 12.4. The van der Waals surface area contributed by atoms with Gasteiger partial charge in [0, 0.05) is 11.6 Å². The molecule has 1 aliphatic rings. The summed E-state index contributed by atoms with van der Waals surface area (Å²) in [6.07, 6.45) is 4.27. The zero-order valence-corrected chi connectivity index (χ0v) is 17.4. The van der Waals surface area contributed by atoms with Crippen LogP contribution in [0.3, 0.4) is 0 Å². The number of esters is 1. The molecule has 0 unspecified atom stereocenters. The van der Waals surface area contributed by atoms with Gasteiger partial charge in [0.1, 0.15) is 0 Å². The Bertz CT molecular complexity index is 1030. The van der Waals surface area contributed by atoms with E-state index in [-0.39, 0.29) is 22.3 Å². The molecule has 0 aliphatic heterocycles. The molecular formula is C22H25NO5S. The number of hydrogen-bond donors (Lipinski definition) is 1. The van der Waals surface area contributed by atoms with Crippen molar-refractivity contribution >= 4 is 21.8 Å². The Morgan fingerprint density at radius 2 is 1.72 bits per heavy atom. The number of carbonyl (C=O) groups excluding carboxylic acids is 2. The summed E-state index contributed by atoms with van der Waals surface area (Å²) in [6.45, 7) is 3.03. The summed E-state index contributed by atoms with van der Waals surface area (Å²) in [5.41, 5.74) is 3.06. The summed E-state index contributed by atoms with van der Waals surface area (Å²) in [5, 5.41) is 0. The third kappa shape index (κ3) is 5.31. The minimum atomic E-state index is -3.72. The van der Waals surface area contributed by atoms with Gasteiger partial charge in [-0.05, 0) is 74.9 Å². The van der Waals surface area contributed by atoms with E-state index in [9.17, 15) is 18.0 Å². The van der Waals surface area contributed by atoms with E-state index < -0.39 is 22.6 Å². The maximum Gasteiger partial charge on any atom is 0.338 e. The van der Waals surface area contributed by atoms with E-state index in [1.165, 1.54) is 41.8 Å². The quantitative estimate of drug-likeness (QED) is 0.554. The molecule has 0 heterocycles. The number of sulfonamides is 1. The van der Waals surface area contributed by atoms with E-state index in [4.69, 9.17) is 4.74 Å². The van der Waals surface area contributed by atoms with Crippen molar-refractivity contribution < 1.29 is 22.7 Å². The van der Waals surface area contributed by atoms with E-state index in [2.05, 4.69) is 4.72 Å². The van der Waals surface area contributed by atoms with Gasteiger partial charge in [0.05, 0.1) is 10.5 Å². The van der Waals surface area contributed by atoms with E-state index in [1.807, 2.05) is 12.1 Å². The first-order valence-corrected chi connectivity index (χ1v) is 11.2. The summed E-state index contributed by atoms with van der Waals surface area (Å²) in [6, 6.07) is 10.9. The summed E-state index contributed by atoms with van der Waals surface area (Å²) < 4.78 is 32.1. The average molecular weight is 416 g/mol. The van der Waals surface area contributed by atoms with Crippen LogP contribution in [0, 0.1) is 0 Å². The standard InChI is InChI=1S/C22H25NO5S/c1-15(2)23-29(26,27)20-9-5-8-19(13-20)22(25)28-14-21(24)18-11-10-16-6-3-4-7-17(16)12-18/h5,8-13,15,23H,3-4,6-7,14H2,1-2H3. The van der Waals surface area contributed by atoms with Crippen molar-refractivity contribution in [3.05, 3.63) is 64.7 Å². The predicted octanol–water partition coefficient (Wildman–Crippen LogP) is 3.29. The Morgan fingerprint density at radius 3 is 2.45 bits per heavy atom. The molecule has 6 nitrogen and oxygen atoms in total. The fraction of sp³-hybridized carbons (Fsp3) is 0.364. The molecule has 0 fully saturated rings. The second-order valence-corrected chi connectivity index (χ2v) is 9.21. The number of rotatable bonds is 7. The van der Waals surface area contributed by atoms with Crippen molar-refractivity contribution in [1.29, 1.82) is 0 Å². The number of nitrogens with one attached hydrogen (secondary N) is 1. The summed E-state index contributed by atoms with van der Waals surface area (Å²) in [5.74, 6) is -1.02. The van der Waals surface area contributed by atoms with Gasteiger partial charge in [-0.1, -0.05) is 18.2 Å². The first-order valence-electron chi connectivity index (χ1n) is 9.71. The van der Waals surface area contributed by atoms with E-state index >= 15 is 0 Å². The summed E-state index contributed by atoms with van der Waals surface area (Å²) in [7, 11) is -3.72. The van der Waals surface area contributed by atoms with Crippen molar-refractivity contribution in [2.24, 2.45) is 0 Å². The molecule has 3 rings (SSSR count). The number of hydrogen-bond acceptors (Lipinski definition) is 5. The fourth-order valence-corrected chi connectivity index (χ4v) is 4.67. The Morgan fingerprint density at radius 1 is 1.00 bits per heavy atom. The van der Waals surface area contributed by atoms with Crippen LogP contribution in [0.4, 0.5) is 0 Å². The molecule has 0 aromatic heterocycles. The summed E-state index contributed by atoms with van der Waals surface area (Å²) >= 11 is 0. The molecule has 1 N–H and O–H groups in total. The smallest absolute Gasteiger partial charge is 0.338 e. The normalized spacial score (nSPS) is 13.8. The highest BCUT2D eigenvalue weighted by atomic mass is 32.2. The second kappa shape index (κ2) is 8.88. The van der Waals surface area contributed by atoms with Crippen LogP contribution >= 0.6 is 0 Å². The lowest BCUT2D eigenvalue weighted by molar-refractivity contribution is 0.0474.